The zero-order chi connectivity index (χ0) is 25.7. The SMILES string of the molecule is CC(C)(C)Oc1ccc(C2(C)CC(C)(C)Oc3cc(OC(C)(C)C)ccc32)c(OC(C)(C)C)c1. The molecule has 4 nitrogen and oxygen atoms in total. The fourth-order valence-corrected chi connectivity index (χ4v) is 4.77. The summed E-state index contributed by atoms with van der Waals surface area (Å²) in [4.78, 5) is 0. The Balaban J connectivity index is 2.17. The lowest BCUT2D eigenvalue weighted by Crippen LogP contribution is -2.44. The number of hydrogen-bond donors (Lipinski definition) is 0. The molecule has 4 heteroatoms. The number of benzene rings is 2. The molecule has 1 atom stereocenters. The predicted molar refractivity (Wildman–Crippen MR) is 140 cm³/mol. The zero-order valence-electron chi connectivity index (χ0n) is 23.3. The number of rotatable bonds is 4. The van der Waals surface area contributed by atoms with Crippen molar-refractivity contribution in [1.29, 1.82) is 0 Å². The molecule has 0 N–H and O–H groups in total. The Kier molecular flexibility index (Phi) is 6.48. The van der Waals surface area contributed by atoms with Gasteiger partial charge in [-0.3, -0.25) is 0 Å². The highest BCUT2D eigenvalue weighted by molar-refractivity contribution is 5.56. The molecule has 0 fully saturated rings. The molecule has 1 heterocycles. The van der Waals surface area contributed by atoms with E-state index in [0.29, 0.717) is 0 Å². The summed E-state index contributed by atoms with van der Waals surface area (Å²) < 4.78 is 25.3. The normalized spacial score (nSPS) is 20.2. The molecule has 2 aromatic rings. The molecule has 0 amide bonds. The zero-order valence-corrected chi connectivity index (χ0v) is 23.3. The molecule has 0 spiro atoms. The van der Waals surface area contributed by atoms with Gasteiger partial charge in [0.2, 0.25) is 0 Å². The van der Waals surface area contributed by atoms with E-state index in [4.69, 9.17) is 18.9 Å². The summed E-state index contributed by atoms with van der Waals surface area (Å²) in [6.45, 7) is 25.1. The van der Waals surface area contributed by atoms with Crippen LogP contribution in [0.4, 0.5) is 0 Å². The van der Waals surface area contributed by atoms with E-state index >= 15 is 0 Å². The van der Waals surface area contributed by atoms with Crippen molar-refractivity contribution >= 4 is 0 Å². The fraction of sp³-hybridized carbons (Fsp3) is 0.600. The molecule has 3 rings (SSSR count). The number of ether oxygens (including phenoxy) is 4. The fourth-order valence-electron chi connectivity index (χ4n) is 4.77. The number of hydrogen-bond acceptors (Lipinski definition) is 4. The van der Waals surface area contributed by atoms with Crippen LogP contribution in [0.1, 0.15) is 101 Å². The lowest BCUT2D eigenvalue weighted by molar-refractivity contribution is 0.0550. The molecule has 0 radical (unpaired) electrons. The molecule has 2 aromatic carbocycles. The van der Waals surface area contributed by atoms with Crippen molar-refractivity contribution in [2.24, 2.45) is 0 Å². The van der Waals surface area contributed by atoms with Crippen LogP contribution in [0, 0.1) is 0 Å². The Labute approximate surface area is 207 Å². The van der Waals surface area contributed by atoms with Gasteiger partial charge in [0.05, 0.1) is 0 Å². The highest BCUT2D eigenvalue weighted by Gasteiger charge is 2.45. The molecule has 1 unspecified atom stereocenters. The van der Waals surface area contributed by atoms with E-state index in [1.165, 1.54) is 0 Å². The Morgan fingerprint density at radius 1 is 0.647 bits per heavy atom. The monoisotopic (exact) mass is 468 g/mol. The molecular formula is C30H44O4. The van der Waals surface area contributed by atoms with Crippen LogP contribution in [0.2, 0.25) is 0 Å². The van der Waals surface area contributed by atoms with Crippen molar-refractivity contribution in [3.05, 3.63) is 47.5 Å². The minimum atomic E-state index is -0.359. The van der Waals surface area contributed by atoms with Crippen molar-refractivity contribution < 1.29 is 18.9 Å². The Hall–Kier alpha value is -2.36. The molecule has 0 aromatic heterocycles. The van der Waals surface area contributed by atoms with E-state index in [0.717, 1.165) is 40.5 Å². The Morgan fingerprint density at radius 3 is 1.62 bits per heavy atom. The van der Waals surface area contributed by atoms with Crippen LogP contribution in [0.25, 0.3) is 0 Å². The number of fused-ring (bicyclic) bond motifs is 1. The van der Waals surface area contributed by atoms with E-state index < -0.39 is 0 Å². The van der Waals surface area contributed by atoms with Crippen molar-refractivity contribution in [2.45, 2.75) is 117 Å². The van der Waals surface area contributed by atoms with Crippen LogP contribution in [-0.4, -0.2) is 22.4 Å². The quantitative estimate of drug-likeness (QED) is 0.454. The molecule has 0 bridgehead atoms. The minimum Gasteiger partial charge on any atom is -0.488 e. The van der Waals surface area contributed by atoms with Gasteiger partial charge in [0.1, 0.15) is 45.4 Å². The smallest absolute Gasteiger partial charge is 0.127 e. The first-order chi connectivity index (χ1) is 15.3. The third-order valence-electron chi connectivity index (χ3n) is 5.52. The van der Waals surface area contributed by atoms with Crippen molar-refractivity contribution in [1.82, 2.24) is 0 Å². The van der Waals surface area contributed by atoms with Gasteiger partial charge in [0, 0.05) is 35.1 Å². The highest BCUT2D eigenvalue weighted by atomic mass is 16.5. The van der Waals surface area contributed by atoms with Gasteiger partial charge in [0.25, 0.3) is 0 Å². The Morgan fingerprint density at radius 2 is 1.12 bits per heavy atom. The highest BCUT2D eigenvalue weighted by Crippen LogP contribution is 2.52. The molecule has 0 saturated heterocycles. The predicted octanol–water partition coefficient (Wildman–Crippen LogP) is 8.09. The van der Waals surface area contributed by atoms with E-state index in [1.807, 2.05) is 18.2 Å². The van der Waals surface area contributed by atoms with Crippen LogP contribution >= 0.6 is 0 Å². The summed E-state index contributed by atoms with van der Waals surface area (Å²) in [6, 6.07) is 12.5. The lowest BCUT2D eigenvalue weighted by Gasteiger charge is -2.45. The van der Waals surface area contributed by atoms with Crippen molar-refractivity contribution in [2.75, 3.05) is 0 Å². The van der Waals surface area contributed by atoms with Crippen LogP contribution in [0.5, 0.6) is 23.0 Å². The average Bonchev–Trinajstić information content (AvgIpc) is 2.55. The van der Waals surface area contributed by atoms with Crippen LogP contribution in [0.3, 0.4) is 0 Å². The summed E-state index contributed by atoms with van der Waals surface area (Å²) in [5.41, 5.74) is 0.667. The third-order valence-corrected chi connectivity index (χ3v) is 5.52. The van der Waals surface area contributed by atoms with Crippen LogP contribution in [-0.2, 0) is 5.41 Å². The van der Waals surface area contributed by atoms with E-state index in [2.05, 4.69) is 101 Å². The van der Waals surface area contributed by atoms with E-state index in [9.17, 15) is 0 Å². The first-order valence-corrected chi connectivity index (χ1v) is 12.3. The second-order valence-corrected chi connectivity index (χ2v) is 13.3. The van der Waals surface area contributed by atoms with Gasteiger partial charge in [-0.1, -0.05) is 19.1 Å². The maximum Gasteiger partial charge on any atom is 0.127 e. The molecule has 0 aliphatic carbocycles. The van der Waals surface area contributed by atoms with Gasteiger partial charge in [-0.15, -0.1) is 0 Å². The molecule has 188 valence electrons. The van der Waals surface area contributed by atoms with E-state index in [-0.39, 0.29) is 27.8 Å². The van der Waals surface area contributed by atoms with Crippen molar-refractivity contribution in [3.8, 4) is 23.0 Å². The molecule has 34 heavy (non-hydrogen) atoms. The molecule has 0 saturated carbocycles. The van der Waals surface area contributed by atoms with Gasteiger partial charge in [-0.25, -0.2) is 0 Å². The lowest BCUT2D eigenvalue weighted by atomic mass is 9.67. The first kappa shape index (κ1) is 26.2. The van der Waals surface area contributed by atoms with Gasteiger partial charge in [-0.2, -0.15) is 0 Å². The van der Waals surface area contributed by atoms with Gasteiger partial charge in [-0.05, 0) is 88.3 Å². The second kappa shape index (κ2) is 8.39. The van der Waals surface area contributed by atoms with Gasteiger partial charge in [0.15, 0.2) is 0 Å². The van der Waals surface area contributed by atoms with Crippen LogP contribution in [0.15, 0.2) is 36.4 Å². The standard InChI is InChI=1S/C30H44O4/c1-26(2,3)31-20-13-15-22(24(17-20)33-28(7,8)9)30(12)19-29(10,11)34-25-18-21(14-16-23(25)30)32-27(4,5)6/h13-18H,19H2,1-12H3. The summed E-state index contributed by atoms with van der Waals surface area (Å²) in [5.74, 6) is 3.32. The second-order valence-electron chi connectivity index (χ2n) is 13.3. The maximum absolute atomic E-state index is 6.53. The first-order valence-electron chi connectivity index (χ1n) is 12.3. The van der Waals surface area contributed by atoms with Gasteiger partial charge < -0.3 is 18.9 Å². The summed E-state index contributed by atoms with van der Waals surface area (Å²) >= 11 is 0. The molecule has 1 aliphatic heterocycles. The maximum atomic E-state index is 6.53. The van der Waals surface area contributed by atoms with E-state index in [1.54, 1.807) is 0 Å². The Bertz CT molecular complexity index is 1030. The average molecular weight is 469 g/mol. The van der Waals surface area contributed by atoms with Gasteiger partial charge >= 0.3 is 0 Å². The molecule has 1 aliphatic rings. The topological polar surface area (TPSA) is 36.9 Å². The van der Waals surface area contributed by atoms with Crippen LogP contribution < -0.4 is 18.9 Å². The summed E-state index contributed by atoms with van der Waals surface area (Å²) in [5, 5.41) is 0. The summed E-state index contributed by atoms with van der Waals surface area (Å²) in [6.07, 6.45) is 0.812. The largest absolute Gasteiger partial charge is 0.488 e. The molecular weight excluding hydrogens is 424 g/mol. The third kappa shape index (κ3) is 6.40. The minimum absolute atomic E-state index is 0.279. The summed E-state index contributed by atoms with van der Waals surface area (Å²) in [7, 11) is 0. The van der Waals surface area contributed by atoms with Crippen molar-refractivity contribution in [3.63, 3.8) is 0 Å².